The molecule has 0 aliphatic carbocycles. The smallest absolute Gasteiger partial charge is 0.325 e. The molecule has 0 aliphatic heterocycles. The molecule has 20 heavy (non-hydrogen) atoms. The second kappa shape index (κ2) is 5.78. The number of benzene rings is 1. The molecular weight excluding hydrogens is 290 g/mol. The topological polar surface area (TPSA) is 87.1 Å². The van der Waals surface area contributed by atoms with E-state index in [0.29, 0.717) is 22.6 Å². The molecule has 0 fully saturated rings. The number of hydrogen-bond donors (Lipinski definition) is 3. The Morgan fingerprint density at radius 3 is 2.70 bits per heavy atom. The molecule has 1 heterocycles. The van der Waals surface area contributed by atoms with Crippen LogP contribution in [0.25, 0.3) is 0 Å². The molecule has 0 saturated heterocycles. The Morgan fingerprint density at radius 1 is 1.35 bits per heavy atom. The fraction of sp³-hybridized carbons (Fsp3) is 0.182. The van der Waals surface area contributed by atoms with Gasteiger partial charge in [0.05, 0.1) is 0 Å². The van der Waals surface area contributed by atoms with Gasteiger partial charge in [-0.25, -0.2) is 13.6 Å². The third kappa shape index (κ3) is 3.38. The molecule has 0 saturated carbocycles. The minimum absolute atomic E-state index is 0.0192. The Morgan fingerprint density at radius 2 is 2.10 bits per heavy atom. The lowest BCUT2D eigenvalue weighted by molar-refractivity contribution is 0.150. The second-order valence-electron chi connectivity index (χ2n) is 3.82. The van der Waals surface area contributed by atoms with Gasteiger partial charge in [-0.15, -0.1) is 10.2 Å². The van der Waals surface area contributed by atoms with Gasteiger partial charge >= 0.3 is 6.03 Å². The number of phenolic OH excluding ortho intramolecular Hbond substituents is 1. The molecular formula is C11H10F2N4O2S. The maximum Gasteiger partial charge on any atom is 0.325 e. The van der Waals surface area contributed by atoms with E-state index >= 15 is 0 Å². The number of aryl methyl sites for hydroxylation is 1. The Labute approximate surface area is 116 Å². The summed E-state index contributed by atoms with van der Waals surface area (Å²) in [6.45, 7) is 1.70. The number of nitrogens with one attached hydrogen (secondary N) is 2. The SMILES string of the molecule is Cc1cc(O)ccc1NC(=O)Nc1nnc(C(F)F)s1. The van der Waals surface area contributed by atoms with Crippen molar-refractivity contribution in [3.63, 3.8) is 0 Å². The summed E-state index contributed by atoms with van der Waals surface area (Å²) in [5.74, 6) is 0.0826. The highest BCUT2D eigenvalue weighted by Crippen LogP contribution is 2.25. The average Bonchev–Trinajstić information content (AvgIpc) is 2.81. The average molecular weight is 300 g/mol. The molecule has 3 N–H and O–H groups in total. The van der Waals surface area contributed by atoms with Gasteiger partial charge in [0.1, 0.15) is 5.75 Å². The van der Waals surface area contributed by atoms with E-state index in [1.165, 1.54) is 18.2 Å². The second-order valence-corrected chi connectivity index (χ2v) is 4.83. The third-order valence-electron chi connectivity index (χ3n) is 2.31. The van der Waals surface area contributed by atoms with Gasteiger partial charge in [-0.3, -0.25) is 5.32 Å². The van der Waals surface area contributed by atoms with E-state index in [9.17, 15) is 18.7 Å². The van der Waals surface area contributed by atoms with Crippen LogP contribution in [0, 0.1) is 6.92 Å². The molecule has 0 spiro atoms. The first-order chi connectivity index (χ1) is 9.45. The first-order valence-corrected chi connectivity index (χ1v) is 6.26. The summed E-state index contributed by atoms with van der Waals surface area (Å²) < 4.78 is 24.6. The number of amides is 2. The van der Waals surface area contributed by atoms with Crippen molar-refractivity contribution >= 4 is 28.2 Å². The van der Waals surface area contributed by atoms with Gasteiger partial charge in [0.25, 0.3) is 6.43 Å². The first kappa shape index (κ1) is 14.1. The van der Waals surface area contributed by atoms with Crippen molar-refractivity contribution in [3.05, 3.63) is 28.8 Å². The number of anilines is 2. The number of nitrogens with zero attached hydrogens (tertiary/aromatic N) is 2. The van der Waals surface area contributed by atoms with Crippen LogP contribution in [0.2, 0.25) is 0 Å². The maximum absolute atomic E-state index is 12.3. The van der Waals surface area contributed by atoms with Crippen molar-refractivity contribution in [2.45, 2.75) is 13.3 Å². The number of urea groups is 1. The molecule has 2 rings (SSSR count). The van der Waals surface area contributed by atoms with Crippen molar-refractivity contribution in [3.8, 4) is 5.75 Å². The van der Waals surface area contributed by atoms with Crippen molar-refractivity contribution in [1.82, 2.24) is 10.2 Å². The van der Waals surface area contributed by atoms with E-state index in [1.54, 1.807) is 6.92 Å². The van der Waals surface area contributed by atoms with Crippen LogP contribution in [0.1, 0.15) is 17.0 Å². The van der Waals surface area contributed by atoms with Crippen molar-refractivity contribution in [2.24, 2.45) is 0 Å². The number of carbonyl (C=O) groups is 1. The molecule has 0 atom stereocenters. The third-order valence-corrected chi connectivity index (χ3v) is 3.15. The molecule has 2 amide bonds. The number of phenols is 1. The van der Waals surface area contributed by atoms with Crippen LogP contribution in [-0.4, -0.2) is 21.3 Å². The highest BCUT2D eigenvalue weighted by molar-refractivity contribution is 7.15. The van der Waals surface area contributed by atoms with E-state index in [4.69, 9.17) is 0 Å². The standard InChI is InChI=1S/C11H10F2N4O2S/c1-5-4-6(18)2-3-7(5)14-10(19)15-11-17-16-9(20-11)8(12)13/h2-4,8,18H,1H3,(H2,14,15,17,19). The van der Waals surface area contributed by atoms with Gasteiger partial charge in [-0.05, 0) is 30.7 Å². The van der Waals surface area contributed by atoms with E-state index in [2.05, 4.69) is 20.8 Å². The summed E-state index contributed by atoms with van der Waals surface area (Å²) in [7, 11) is 0. The Balaban J connectivity index is 2.01. The minimum Gasteiger partial charge on any atom is -0.508 e. The van der Waals surface area contributed by atoms with Gasteiger partial charge in [-0.1, -0.05) is 11.3 Å². The largest absolute Gasteiger partial charge is 0.508 e. The highest BCUT2D eigenvalue weighted by Gasteiger charge is 2.15. The van der Waals surface area contributed by atoms with Crippen molar-refractivity contribution < 1.29 is 18.7 Å². The summed E-state index contributed by atoms with van der Waals surface area (Å²) in [6.07, 6.45) is -2.72. The van der Waals surface area contributed by atoms with Gasteiger partial charge in [0.2, 0.25) is 5.13 Å². The monoisotopic (exact) mass is 300 g/mol. The molecule has 6 nitrogen and oxygen atoms in total. The lowest BCUT2D eigenvalue weighted by Crippen LogP contribution is -2.19. The van der Waals surface area contributed by atoms with E-state index < -0.39 is 17.5 Å². The highest BCUT2D eigenvalue weighted by atomic mass is 32.1. The van der Waals surface area contributed by atoms with Crippen molar-refractivity contribution in [2.75, 3.05) is 10.6 Å². The number of rotatable bonds is 3. The normalized spacial score (nSPS) is 10.6. The van der Waals surface area contributed by atoms with Gasteiger partial charge < -0.3 is 10.4 Å². The fourth-order valence-corrected chi connectivity index (χ4v) is 2.01. The number of carbonyl (C=O) groups excluding carboxylic acids is 1. The lowest BCUT2D eigenvalue weighted by Gasteiger charge is -2.08. The van der Waals surface area contributed by atoms with Crippen LogP contribution in [0.4, 0.5) is 24.4 Å². The minimum atomic E-state index is -2.72. The molecule has 0 radical (unpaired) electrons. The Hall–Kier alpha value is -2.29. The summed E-state index contributed by atoms with van der Waals surface area (Å²) >= 11 is 0.602. The van der Waals surface area contributed by atoms with E-state index in [1.807, 2.05) is 0 Å². The number of aromatic nitrogens is 2. The number of alkyl halides is 2. The van der Waals surface area contributed by atoms with Gasteiger partial charge in [-0.2, -0.15) is 0 Å². The first-order valence-electron chi connectivity index (χ1n) is 5.45. The molecule has 9 heteroatoms. The van der Waals surface area contributed by atoms with Crippen LogP contribution in [0.5, 0.6) is 5.75 Å². The lowest BCUT2D eigenvalue weighted by atomic mass is 10.2. The van der Waals surface area contributed by atoms with Crippen LogP contribution < -0.4 is 10.6 Å². The fourth-order valence-electron chi connectivity index (χ4n) is 1.41. The van der Waals surface area contributed by atoms with Crippen molar-refractivity contribution in [1.29, 1.82) is 0 Å². The van der Waals surface area contributed by atoms with E-state index in [-0.39, 0.29) is 10.9 Å². The number of aromatic hydroxyl groups is 1. The predicted octanol–water partition coefficient (Wildman–Crippen LogP) is 3.13. The zero-order chi connectivity index (χ0) is 14.7. The van der Waals surface area contributed by atoms with Gasteiger partial charge in [0.15, 0.2) is 5.01 Å². The Bertz CT molecular complexity index is 633. The maximum atomic E-state index is 12.3. The van der Waals surface area contributed by atoms with Crippen LogP contribution in [-0.2, 0) is 0 Å². The van der Waals surface area contributed by atoms with Crippen LogP contribution in [0.3, 0.4) is 0 Å². The molecule has 1 aromatic carbocycles. The molecule has 0 unspecified atom stereocenters. The van der Waals surface area contributed by atoms with Crippen LogP contribution in [0.15, 0.2) is 18.2 Å². The van der Waals surface area contributed by atoms with E-state index in [0.717, 1.165) is 0 Å². The molecule has 2 aromatic rings. The number of halogens is 2. The molecule has 1 aromatic heterocycles. The number of hydrogen-bond acceptors (Lipinski definition) is 5. The molecule has 0 bridgehead atoms. The zero-order valence-electron chi connectivity index (χ0n) is 10.2. The Kier molecular flexibility index (Phi) is 4.08. The molecule has 106 valence electrons. The summed E-state index contributed by atoms with van der Waals surface area (Å²) in [4.78, 5) is 11.7. The molecule has 0 aliphatic rings. The summed E-state index contributed by atoms with van der Waals surface area (Å²) in [5.41, 5.74) is 1.14. The summed E-state index contributed by atoms with van der Waals surface area (Å²) in [6, 6.07) is 3.79. The van der Waals surface area contributed by atoms with Gasteiger partial charge in [0, 0.05) is 5.69 Å². The quantitative estimate of drug-likeness (QED) is 0.760. The summed E-state index contributed by atoms with van der Waals surface area (Å²) in [5, 5.41) is 20.3. The van der Waals surface area contributed by atoms with Crippen LogP contribution >= 0.6 is 11.3 Å². The zero-order valence-corrected chi connectivity index (χ0v) is 11.0. The predicted molar refractivity (Wildman–Crippen MR) is 70.4 cm³/mol.